The Kier molecular flexibility index (Phi) is 8.01. The summed E-state index contributed by atoms with van der Waals surface area (Å²) in [6.45, 7) is 1.74. The van der Waals surface area contributed by atoms with Gasteiger partial charge in [-0.25, -0.2) is 13.1 Å². The number of hydrogen-bond acceptors (Lipinski definition) is 3. The van der Waals surface area contributed by atoms with Crippen LogP contribution in [0.2, 0.25) is 5.02 Å². The van der Waals surface area contributed by atoms with Crippen molar-refractivity contribution in [3.8, 4) is 0 Å². The molecular formula is C24H22ClF3N2O3S. The van der Waals surface area contributed by atoms with Gasteiger partial charge in [0.25, 0.3) is 0 Å². The van der Waals surface area contributed by atoms with Gasteiger partial charge in [0.2, 0.25) is 15.9 Å². The van der Waals surface area contributed by atoms with E-state index in [1.807, 2.05) is 30.3 Å². The molecule has 1 amide bonds. The summed E-state index contributed by atoms with van der Waals surface area (Å²) in [5.74, 6) is -0.608. The zero-order valence-electron chi connectivity index (χ0n) is 18.1. The highest BCUT2D eigenvalue weighted by Gasteiger charge is 2.34. The summed E-state index contributed by atoms with van der Waals surface area (Å²) in [7, 11) is -3.77. The lowest BCUT2D eigenvalue weighted by molar-refractivity contribution is -0.137. The molecule has 0 aromatic heterocycles. The molecule has 0 aliphatic rings. The fraction of sp³-hybridized carbons (Fsp3) is 0.208. The van der Waals surface area contributed by atoms with Crippen LogP contribution in [0.4, 0.5) is 18.9 Å². The van der Waals surface area contributed by atoms with Crippen LogP contribution in [0.25, 0.3) is 0 Å². The quantitative estimate of drug-likeness (QED) is 0.392. The Morgan fingerprint density at radius 2 is 1.65 bits per heavy atom. The molecule has 0 saturated carbocycles. The standard InChI is InChI=1S/C24H22ClF3N2O3S/c1-16(18-5-3-2-4-6-18)30-34(32,33)20-11-7-17(8-12-20)9-14-23(31)29-22-13-10-19(25)15-21(22)24(26,27)28/h2-8,10-13,15-16,30H,9,14H2,1H3,(H,29,31)/t16-/m1/s1. The van der Waals surface area contributed by atoms with Gasteiger partial charge >= 0.3 is 6.18 Å². The number of aryl methyl sites for hydroxylation is 1. The van der Waals surface area contributed by atoms with Gasteiger partial charge in [-0.2, -0.15) is 13.2 Å². The second-order valence-corrected chi connectivity index (χ2v) is 9.78. The number of halogens is 4. The van der Waals surface area contributed by atoms with Crippen LogP contribution in [0.5, 0.6) is 0 Å². The monoisotopic (exact) mass is 510 g/mol. The zero-order valence-corrected chi connectivity index (χ0v) is 19.6. The van der Waals surface area contributed by atoms with Crippen molar-refractivity contribution in [2.45, 2.75) is 36.9 Å². The number of amides is 1. The zero-order chi connectivity index (χ0) is 24.9. The maximum atomic E-state index is 13.2. The first kappa shape index (κ1) is 25.7. The van der Waals surface area contributed by atoms with Crippen molar-refractivity contribution < 1.29 is 26.4 Å². The van der Waals surface area contributed by atoms with E-state index in [0.717, 1.165) is 17.7 Å². The highest BCUT2D eigenvalue weighted by molar-refractivity contribution is 7.89. The van der Waals surface area contributed by atoms with Gasteiger partial charge in [-0.05, 0) is 54.8 Å². The molecule has 0 bridgehead atoms. The maximum Gasteiger partial charge on any atom is 0.418 e. The van der Waals surface area contributed by atoms with Crippen LogP contribution in [-0.4, -0.2) is 14.3 Å². The molecule has 0 unspecified atom stereocenters. The van der Waals surface area contributed by atoms with E-state index in [0.29, 0.717) is 5.56 Å². The van der Waals surface area contributed by atoms with Crippen LogP contribution < -0.4 is 10.0 Å². The number of rotatable bonds is 8. The number of anilines is 1. The minimum Gasteiger partial charge on any atom is -0.325 e. The maximum absolute atomic E-state index is 13.2. The Morgan fingerprint density at radius 1 is 1.00 bits per heavy atom. The molecule has 3 rings (SSSR count). The molecule has 3 aromatic carbocycles. The SMILES string of the molecule is C[C@@H](NS(=O)(=O)c1ccc(CCC(=O)Nc2ccc(Cl)cc2C(F)(F)F)cc1)c1ccccc1. The average molecular weight is 511 g/mol. The van der Waals surface area contributed by atoms with Crippen LogP contribution >= 0.6 is 11.6 Å². The van der Waals surface area contributed by atoms with E-state index in [1.165, 1.54) is 18.2 Å². The van der Waals surface area contributed by atoms with Gasteiger partial charge in [-0.1, -0.05) is 54.1 Å². The number of nitrogens with one attached hydrogen (secondary N) is 2. The smallest absolute Gasteiger partial charge is 0.325 e. The Labute approximate surface area is 201 Å². The predicted octanol–water partition coefficient (Wildman–Crippen LogP) is 5.97. The van der Waals surface area contributed by atoms with E-state index in [4.69, 9.17) is 11.6 Å². The van der Waals surface area contributed by atoms with Crippen molar-refractivity contribution in [2.24, 2.45) is 0 Å². The predicted molar refractivity (Wildman–Crippen MR) is 125 cm³/mol. The minimum absolute atomic E-state index is 0.0689. The Morgan fingerprint density at radius 3 is 2.26 bits per heavy atom. The highest BCUT2D eigenvalue weighted by atomic mass is 35.5. The molecule has 0 saturated heterocycles. The molecule has 2 N–H and O–H groups in total. The molecule has 10 heteroatoms. The van der Waals surface area contributed by atoms with Crippen molar-refractivity contribution in [2.75, 3.05) is 5.32 Å². The summed E-state index contributed by atoms with van der Waals surface area (Å²) in [5.41, 5.74) is 0.0857. The highest BCUT2D eigenvalue weighted by Crippen LogP contribution is 2.36. The second-order valence-electron chi connectivity index (χ2n) is 7.63. The van der Waals surface area contributed by atoms with Crippen LogP contribution in [0.3, 0.4) is 0 Å². The normalized spacial score (nSPS) is 12.9. The molecule has 0 aliphatic heterocycles. The van der Waals surface area contributed by atoms with Crippen molar-refractivity contribution in [1.29, 1.82) is 0 Å². The summed E-state index contributed by atoms with van der Waals surface area (Å²) >= 11 is 5.64. The third kappa shape index (κ3) is 6.82. The molecule has 5 nitrogen and oxygen atoms in total. The molecule has 1 atom stereocenters. The lowest BCUT2D eigenvalue weighted by Crippen LogP contribution is -2.26. The Hall–Kier alpha value is -2.88. The fourth-order valence-corrected chi connectivity index (χ4v) is 4.68. The van der Waals surface area contributed by atoms with Crippen LogP contribution in [0, 0.1) is 0 Å². The molecule has 0 aliphatic carbocycles. The van der Waals surface area contributed by atoms with Crippen molar-refractivity contribution in [3.05, 3.63) is 94.5 Å². The lowest BCUT2D eigenvalue weighted by Gasteiger charge is -2.15. The van der Waals surface area contributed by atoms with Crippen molar-refractivity contribution in [1.82, 2.24) is 4.72 Å². The van der Waals surface area contributed by atoms with Crippen LogP contribution in [0.1, 0.15) is 36.1 Å². The number of hydrogen-bond donors (Lipinski definition) is 2. The van der Waals surface area contributed by atoms with Crippen LogP contribution in [-0.2, 0) is 27.4 Å². The van der Waals surface area contributed by atoms with E-state index >= 15 is 0 Å². The Bertz CT molecular complexity index is 1250. The minimum atomic E-state index is -4.67. The summed E-state index contributed by atoms with van der Waals surface area (Å²) in [5, 5.41) is 2.17. The van der Waals surface area contributed by atoms with E-state index in [1.54, 1.807) is 19.1 Å². The number of alkyl halides is 3. The third-order valence-corrected chi connectivity index (χ3v) is 6.86. The molecular weight excluding hydrogens is 489 g/mol. The molecule has 0 radical (unpaired) electrons. The number of carbonyl (C=O) groups is 1. The van der Waals surface area contributed by atoms with E-state index in [2.05, 4.69) is 10.0 Å². The third-order valence-electron chi connectivity index (χ3n) is 5.07. The first-order chi connectivity index (χ1) is 16.0. The van der Waals surface area contributed by atoms with Gasteiger partial charge in [0.1, 0.15) is 0 Å². The van der Waals surface area contributed by atoms with Crippen molar-refractivity contribution in [3.63, 3.8) is 0 Å². The summed E-state index contributed by atoms with van der Waals surface area (Å²) < 4.78 is 67.5. The van der Waals surface area contributed by atoms with Crippen molar-refractivity contribution >= 4 is 33.2 Å². The van der Waals surface area contributed by atoms with Gasteiger partial charge < -0.3 is 5.32 Å². The van der Waals surface area contributed by atoms with E-state index in [-0.39, 0.29) is 28.4 Å². The van der Waals surface area contributed by atoms with Gasteiger partial charge in [0.05, 0.1) is 16.1 Å². The van der Waals surface area contributed by atoms with Gasteiger partial charge in [-0.15, -0.1) is 0 Å². The molecule has 34 heavy (non-hydrogen) atoms. The first-order valence-electron chi connectivity index (χ1n) is 10.3. The second kappa shape index (κ2) is 10.6. The Balaban J connectivity index is 1.60. The molecule has 0 fully saturated rings. The molecule has 0 spiro atoms. The summed E-state index contributed by atoms with van der Waals surface area (Å²) in [6.07, 6.45) is -4.54. The molecule has 180 valence electrons. The van der Waals surface area contributed by atoms with E-state index in [9.17, 15) is 26.4 Å². The molecule has 0 heterocycles. The van der Waals surface area contributed by atoms with Crippen LogP contribution in [0.15, 0.2) is 77.7 Å². The van der Waals surface area contributed by atoms with Gasteiger partial charge in [0, 0.05) is 17.5 Å². The topological polar surface area (TPSA) is 75.3 Å². The van der Waals surface area contributed by atoms with Gasteiger partial charge in [0.15, 0.2) is 0 Å². The van der Waals surface area contributed by atoms with E-state index < -0.39 is 33.7 Å². The average Bonchev–Trinajstić information content (AvgIpc) is 2.79. The number of carbonyl (C=O) groups excluding carboxylic acids is 1. The first-order valence-corrected chi connectivity index (χ1v) is 12.1. The number of benzene rings is 3. The lowest BCUT2D eigenvalue weighted by atomic mass is 10.1. The molecule has 3 aromatic rings. The summed E-state index contributed by atoms with van der Waals surface area (Å²) in [6, 6.07) is 17.8. The number of sulfonamides is 1. The largest absolute Gasteiger partial charge is 0.418 e. The summed E-state index contributed by atoms with van der Waals surface area (Å²) in [4.78, 5) is 12.3. The fourth-order valence-electron chi connectivity index (χ4n) is 3.28. The van der Waals surface area contributed by atoms with Gasteiger partial charge in [-0.3, -0.25) is 4.79 Å².